The summed E-state index contributed by atoms with van der Waals surface area (Å²) in [6.45, 7) is 2.70. The molecule has 4 heteroatoms. The van der Waals surface area contributed by atoms with Crippen LogP contribution in [-0.4, -0.2) is 13.7 Å². The zero-order valence-corrected chi connectivity index (χ0v) is 8.51. The quantitative estimate of drug-likeness (QED) is 0.601. The minimum absolute atomic E-state index is 0.549. The van der Waals surface area contributed by atoms with Crippen LogP contribution < -0.4 is 10.8 Å². The first-order valence-corrected chi connectivity index (χ1v) is 4.44. The van der Waals surface area contributed by atoms with Gasteiger partial charge in [0.15, 0.2) is 0 Å². The Morgan fingerprint density at radius 3 is 2.77 bits per heavy atom. The molecule has 1 aromatic carbocycles. The Morgan fingerprint density at radius 1 is 1.54 bits per heavy atom. The number of nitrogens with two attached hydrogens (primary N) is 1. The average Bonchev–Trinajstić information content (AvgIpc) is 2.14. The molecular formula is C9H13ClN2O. The van der Waals surface area contributed by atoms with Crippen LogP contribution in [0.4, 0.5) is 11.4 Å². The summed E-state index contributed by atoms with van der Waals surface area (Å²) in [6.07, 6.45) is 0. The third-order valence-electron chi connectivity index (χ3n) is 1.81. The third kappa shape index (κ3) is 2.05. The van der Waals surface area contributed by atoms with E-state index in [2.05, 4.69) is 0 Å². The van der Waals surface area contributed by atoms with Crippen LogP contribution in [-0.2, 0) is 4.84 Å². The summed E-state index contributed by atoms with van der Waals surface area (Å²) in [5.74, 6) is 0. The highest BCUT2D eigenvalue weighted by atomic mass is 35.5. The van der Waals surface area contributed by atoms with Crippen molar-refractivity contribution in [2.24, 2.45) is 0 Å². The molecule has 0 amide bonds. The lowest BCUT2D eigenvalue weighted by Crippen LogP contribution is -2.21. The summed E-state index contributed by atoms with van der Waals surface area (Å²) in [6, 6.07) is 5.47. The number of hydrogen-bond donors (Lipinski definition) is 1. The van der Waals surface area contributed by atoms with Gasteiger partial charge in [0.05, 0.1) is 23.5 Å². The summed E-state index contributed by atoms with van der Waals surface area (Å²) in [7, 11) is 1.60. The minimum atomic E-state index is 0.549. The summed E-state index contributed by atoms with van der Waals surface area (Å²) >= 11 is 5.86. The lowest BCUT2D eigenvalue weighted by molar-refractivity contribution is 0.171. The fourth-order valence-electron chi connectivity index (χ4n) is 1.14. The molecule has 2 N–H and O–H groups in total. The van der Waals surface area contributed by atoms with Crippen molar-refractivity contribution >= 4 is 23.0 Å². The Hall–Kier alpha value is -0.930. The molecule has 0 radical (unpaired) electrons. The van der Waals surface area contributed by atoms with E-state index in [0.29, 0.717) is 10.7 Å². The van der Waals surface area contributed by atoms with Gasteiger partial charge in [-0.15, -0.1) is 0 Å². The number of nitrogens with zero attached hydrogens (tertiary/aromatic N) is 1. The highest BCUT2D eigenvalue weighted by Gasteiger charge is 2.08. The van der Waals surface area contributed by atoms with E-state index in [-0.39, 0.29) is 0 Å². The molecule has 0 spiro atoms. The molecular weight excluding hydrogens is 188 g/mol. The number of halogens is 1. The first kappa shape index (κ1) is 10.2. The summed E-state index contributed by atoms with van der Waals surface area (Å²) in [5, 5.41) is 2.23. The van der Waals surface area contributed by atoms with Gasteiger partial charge >= 0.3 is 0 Å². The van der Waals surface area contributed by atoms with Crippen LogP contribution in [0.5, 0.6) is 0 Å². The molecule has 0 saturated heterocycles. The third-order valence-corrected chi connectivity index (χ3v) is 2.14. The van der Waals surface area contributed by atoms with Gasteiger partial charge in [-0.25, -0.2) is 0 Å². The Bertz CT molecular complexity index is 287. The minimum Gasteiger partial charge on any atom is -0.396 e. The summed E-state index contributed by atoms with van der Waals surface area (Å²) in [4.78, 5) is 5.12. The molecule has 0 aliphatic rings. The number of anilines is 2. The van der Waals surface area contributed by atoms with Crippen molar-refractivity contribution in [2.75, 3.05) is 24.5 Å². The molecule has 0 fully saturated rings. The number of para-hydroxylation sites is 1. The maximum Gasteiger partial charge on any atom is 0.0880 e. The normalized spacial score (nSPS) is 10.1. The lowest BCUT2D eigenvalue weighted by Gasteiger charge is -2.21. The van der Waals surface area contributed by atoms with Crippen molar-refractivity contribution < 1.29 is 4.84 Å². The van der Waals surface area contributed by atoms with Gasteiger partial charge in [-0.2, -0.15) is 0 Å². The Labute approximate surface area is 83.0 Å². The first-order chi connectivity index (χ1) is 6.20. The summed E-state index contributed by atoms with van der Waals surface area (Å²) < 4.78 is 0. The molecule has 0 aliphatic heterocycles. The second-order valence-corrected chi connectivity index (χ2v) is 2.96. The lowest BCUT2D eigenvalue weighted by atomic mass is 10.2. The molecule has 0 bridgehead atoms. The van der Waals surface area contributed by atoms with Gasteiger partial charge in [-0.3, -0.25) is 9.90 Å². The van der Waals surface area contributed by atoms with E-state index in [1.807, 2.05) is 19.1 Å². The van der Waals surface area contributed by atoms with Crippen LogP contribution in [0.3, 0.4) is 0 Å². The van der Waals surface area contributed by atoms with E-state index < -0.39 is 0 Å². The highest BCUT2D eigenvalue weighted by molar-refractivity contribution is 6.33. The maximum atomic E-state index is 5.86. The van der Waals surface area contributed by atoms with Crippen molar-refractivity contribution in [3.63, 3.8) is 0 Å². The van der Waals surface area contributed by atoms with E-state index >= 15 is 0 Å². The molecule has 0 heterocycles. The zero-order chi connectivity index (χ0) is 9.84. The molecule has 1 rings (SSSR count). The topological polar surface area (TPSA) is 38.5 Å². The van der Waals surface area contributed by atoms with Gasteiger partial charge in [-0.05, 0) is 19.1 Å². The molecule has 0 unspecified atom stereocenters. The molecule has 3 nitrogen and oxygen atoms in total. The smallest absolute Gasteiger partial charge is 0.0880 e. The van der Waals surface area contributed by atoms with Crippen molar-refractivity contribution in [2.45, 2.75) is 6.92 Å². The predicted molar refractivity (Wildman–Crippen MR) is 55.9 cm³/mol. The largest absolute Gasteiger partial charge is 0.396 e. The van der Waals surface area contributed by atoms with Crippen molar-refractivity contribution in [3.8, 4) is 0 Å². The number of hydroxylamine groups is 1. The maximum absolute atomic E-state index is 5.86. The average molecular weight is 201 g/mol. The number of hydrogen-bond acceptors (Lipinski definition) is 3. The Kier molecular flexibility index (Phi) is 3.39. The van der Waals surface area contributed by atoms with Crippen LogP contribution >= 0.6 is 11.6 Å². The molecule has 0 atom stereocenters. The molecule has 0 aromatic heterocycles. The molecule has 0 aliphatic carbocycles. The Balaban J connectivity index is 3.05. The van der Waals surface area contributed by atoms with Crippen LogP contribution in [0.1, 0.15) is 6.92 Å². The Morgan fingerprint density at radius 2 is 2.23 bits per heavy atom. The predicted octanol–water partition coefficient (Wildman–Crippen LogP) is 2.31. The van der Waals surface area contributed by atoms with Crippen LogP contribution in [0, 0.1) is 0 Å². The van der Waals surface area contributed by atoms with E-state index in [1.54, 1.807) is 18.2 Å². The molecule has 0 saturated carbocycles. The molecule has 13 heavy (non-hydrogen) atoms. The second-order valence-electron chi connectivity index (χ2n) is 2.55. The SMILES string of the molecule is CCN(OC)c1cccc(Cl)c1N. The highest BCUT2D eigenvalue weighted by Crippen LogP contribution is 2.29. The number of nitrogen functional groups attached to an aromatic ring is 1. The van der Waals surface area contributed by atoms with Gasteiger partial charge in [-0.1, -0.05) is 17.7 Å². The van der Waals surface area contributed by atoms with Crippen molar-refractivity contribution in [1.82, 2.24) is 0 Å². The molecule has 72 valence electrons. The van der Waals surface area contributed by atoms with Crippen LogP contribution in [0.25, 0.3) is 0 Å². The van der Waals surface area contributed by atoms with Gasteiger partial charge in [0, 0.05) is 6.54 Å². The fourth-order valence-corrected chi connectivity index (χ4v) is 1.31. The monoisotopic (exact) mass is 200 g/mol. The standard InChI is InChI=1S/C9H13ClN2O/c1-3-12(13-2)8-6-4-5-7(10)9(8)11/h4-6H,3,11H2,1-2H3. The van der Waals surface area contributed by atoms with E-state index in [4.69, 9.17) is 22.2 Å². The fraction of sp³-hybridized carbons (Fsp3) is 0.333. The summed E-state index contributed by atoms with van der Waals surface area (Å²) in [5.41, 5.74) is 7.13. The first-order valence-electron chi connectivity index (χ1n) is 4.06. The van der Waals surface area contributed by atoms with Gasteiger partial charge < -0.3 is 5.73 Å². The van der Waals surface area contributed by atoms with Crippen molar-refractivity contribution in [1.29, 1.82) is 0 Å². The van der Waals surface area contributed by atoms with Gasteiger partial charge in [0.2, 0.25) is 0 Å². The van der Waals surface area contributed by atoms with Gasteiger partial charge in [0.25, 0.3) is 0 Å². The van der Waals surface area contributed by atoms with Gasteiger partial charge in [0.1, 0.15) is 0 Å². The van der Waals surface area contributed by atoms with Crippen LogP contribution in [0.2, 0.25) is 5.02 Å². The molecule has 1 aromatic rings. The van der Waals surface area contributed by atoms with E-state index in [1.165, 1.54) is 0 Å². The van der Waals surface area contributed by atoms with Crippen LogP contribution in [0.15, 0.2) is 18.2 Å². The zero-order valence-electron chi connectivity index (χ0n) is 7.75. The number of rotatable bonds is 3. The van der Waals surface area contributed by atoms with Crippen molar-refractivity contribution in [3.05, 3.63) is 23.2 Å². The number of benzene rings is 1. The second kappa shape index (κ2) is 4.35. The van der Waals surface area contributed by atoms with E-state index in [9.17, 15) is 0 Å². The van der Waals surface area contributed by atoms with E-state index in [0.717, 1.165) is 12.2 Å².